The lowest BCUT2D eigenvalue weighted by Gasteiger charge is -2.42. The van der Waals surface area contributed by atoms with Crippen LogP contribution in [0.5, 0.6) is 17.6 Å². The minimum absolute atomic E-state index is 0. The molecule has 8 aromatic rings. The number of pyridine rings is 4. The molecule has 0 amide bonds. The molecule has 22 nitrogen and oxygen atoms in total. The van der Waals surface area contributed by atoms with Gasteiger partial charge in [-0.2, -0.15) is 101 Å². The Balaban J connectivity index is 0.000000230. The Hall–Kier alpha value is -7.63. The maximum absolute atomic E-state index is 14.2. The van der Waals surface area contributed by atoms with E-state index in [4.69, 9.17) is 44.6 Å². The summed E-state index contributed by atoms with van der Waals surface area (Å²) in [6.07, 6.45) is -14.4. The molecule has 0 radical (unpaired) electrons. The third-order valence-electron chi connectivity index (χ3n) is 19.9. The standard InChI is InChI=1S/C15H17BF5NO3.C15H7F8N5O.C12H24B2O4.C9H5BrF5NO.C6H2ClF3N4.C5H2BrF2N.C4H4F4O.3CH4/c1-12(2)13(3,4)25-16(24-12)8-5-9(17)11(22-7-8)23-10-6-14(18,19)15(10,20)21;16-7-1-6(3-25-11(7)29-9-2-13(17,18)14(9,19)20)8-5-28-10(4-24-8)26-27-12(28)15(21,22)23;1-9(2)10(3,4)16-13(15-9)14-17-11(5,6)12(7,8)18-14;10-4-1-5(11)7(16-3-4)17-6-2-8(12,13)9(6,14)15;7-3-2-14-4(1-11-3)12-13-5(14)6(8,9)10;6-3-1-4(7)5(8)9-2-3;5-3(6)1-2(9)4(3,7)8;;;/h5,7,10H,6H2,1-4H3;1,3-5,9H,2H2;1-8H3;1,3,6H,2H2;1-2H;1-2H;2,9H,1H2;3*1H4. The molecule has 0 spiro atoms. The lowest BCUT2D eigenvalue weighted by atomic mass is 9.49. The van der Waals surface area contributed by atoms with Gasteiger partial charge in [-0.15, -0.1) is 20.4 Å². The van der Waals surface area contributed by atoms with Crippen molar-refractivity contribution in [3.05, 3.63) is 129 Å². The van der Waals surface area contributed by atoms with Crippen molar-refractivity contribution in [1.82, 2.24) is 59.1 Å². The van der Waals surface area contributed by atoms with Crippen LogP contribution in [0.3, 0.4) is 0 Å². The average Bonchev–Trinajstić information content (AvgIpc) is 1.24. The molecule has 688 valence electrons. The van der Waals surface area contributed by atoms with Crippen LogP contribution < -0.4 is 19.7 Å². The van der Waals surface area contributed by atoms with E-state index in [0.29, 0.717) is 14.9 Å². The highest BCUT2D eigenvalue weighted by Gasteiger charge is 2.76. The molecule has 7 fully saturated rings. The Labute approximate surface area is 709 Å². The molecule has 11 heterocycles. The summed E-state index contributed by atoms with van der Waals surface area (Å²) in [5, 5.41) is 20.7. The van der Waals surface area contributed by atoms with Crippen molar-refractivity contribution >= 4 is 81.4 Å². The van der Waals surface area contributed by atoms with Gasteiger partial charge in [-0.1, -0.05) is 33.9 Å². The summed E-state index contributed by atoms with van der Waals surface area (Å²) in [5.74, 6) is -44.1. The van der Waals surface area contributed by atoms with Crippen molar-refractivity contribution in [2.24, 2.45) is 0 Å². The number of aliphatic hydroxyl groups excluding tert-OH is 1. The van der Waals surface area contributed by atoms with Gasteiger partial charge < -0.3 is 47.2 Å². The van der Waals surface area contributed by atoms with Crippen LogP contribution in [-0.4, -0.2) is 191 Å². The summed E-state index contributed by atoms with van der Waals surface area (Å²) < 4.78 is 394. The van der Waals surface area contributed by atoms with Crippen molar-refractivity contribution in [2.45, 2.75) is 249 Å². The molecule has 7 aliphatic rings. The number of ether oxygens (including phenoxy) is 3. The number of alkyl halides is 22. The van der Waals surface area contributed by atoms with Gasteiger partial charge in [-0.05, 0) is 139 Å². The first-order valence-electron chi connectivity index (χ1n) is 34.4. The van der Waals surface area contributed by atoms with Gasteiger partial charge in [0, 0.05) is 63.6 Å². The molecule has 3 aliphatic heterocycles. The number of halogens is 30. The number of hydrogen-bond acceptors (Lipinski definition) is 20. The third-order valence-corrected chi connectivity index (χ3v) is 21.0. The minimum atomic E-state index is -4.81. The van der Waals surface area contributed by atoms with Crippen LogP contribution in [-0.2, 0) is 40.3 Å². The number of nitrogens with zero attached hydrogens (tertiary/aromatic N) is 12. The molecule has 8 aromatic heterocycles. The zero-order valence-corrected chi connectivity index (χ0v) is 67.6. The molecule has 1 N–H and O–H groups in total. The first-order valence-corrected chi connectivity index (χ1v) is 36.4. The number of hydrogen-bond donors (Lipinski definition) is 1. The average molecular weight is 1970 g/mol. The predicted molar refractivity (Wildman–Crippen MR) is 393 cm³/mol. The predicted octanol–water partition coefficient (Wildman–Crippen LogP) is 19.2. The van der Waals surface area contributed by atoms with E-state index in [1.54, 1.807) is 0 Å². The first kappa shape index (κ1) is 105. The SMILES string of the molecule is C.C.C.CC1(C)OB(B2OC(C)(C)C(C)(C)O2)OC1(C)C.CC1(C)OB(c2cnc(OC3CC(F)(F)C3(F)F)c(F)c2)OC1(C)C.FC(F)(F)c1nnc2cnc(Cl)cn12.Fc1cc(-c2cn3c(C(F)(F)F)nnc3cn2)cnc1OC1CC(F)(F)C1(F)F.Fc1cc(Br)cnc1F.Fc1cc(Br)cnc1OC1CC(F)(F)C1(F)F.OC1CC(F)(F)C1(F)F. The van der Waals surface area contributed by atoms with Crippen molar-refractivity contribution in [1.29, 1.82) is 0 Å². The Morgan fingerprint density at radius 2 is 0.742 bits per heavy atom. The Morgan fingerprint density at radius 3 is 1.06 bits per heavy atom. The second-order valence-corrected chi connectivity index (χ2v) is 32.4. The van der Waals surface area contributed by atoms with E-state index in [9.17, 15) is 119 Å². The molecule has 4 atom stereocenters. The molecule has 4 aliphatic carbocycles. The van der Waals surface area contributed by atoms with E-state index < -0.39 is 201 Å². The highest BCUT2D eigenvalue weighted by Crippen LogP contribution is 2.56. The largest absolute Gasteiger partial charge is 0.496 e. The smallest absolute Gasteiger partial charge is 0.465 e. The van der Waals surface area contributed by atoms with Gasteiger partial charge in [0.2, 0.25) is 17.6 Å². The minimum Gasteiger partial charge on any atom is -0.465 e. The first-order chi connectivity index (χ1) is 54.8. The fourth-order valence-electron chi connectivity index (χ4n) is 10.5. The van der Waals surface area contributed by atoms with Crippen LogP contribution in [0.2, 0.25) is 5.15 Å². The molecule has 55 heteroatoms. The highest BCUT2D eigenvalue weighted by atomic mass is 79.9. The topological polar surface area (TPSA) is 241 Å². The summed E-state index contributed by atoms with van der Waals surface area (Å²) in [6.45, 7) is 23.5. The molecule has 0 aromatic carbocycles. The fraction of sp³-hybridized carbons (Fsp3) is 0.565. The molecule has 3 saturated heterocycles. The summed E-state index contributed by atoms with van der Waals surface area (Å²) in [6, 6.07) is 3.64. The number of aliphatic hydroxyl groups is 1. The van der Waals surface area contributed by atoms with E-state index >= 15 is 0 Å². The molecule has 4 unspecified atom stereocenters. The van der Waals surface area contributed by atoms with E-state index in [2.05, 4.69) is 96.4 Å². The maximum Gasteiger partial charge on any atom is 0.496 e. The molecular formula is C69H73B3Br2ClF27N12O10. The molecule has 124 heavy (non-hydrogen) atoms. The fourth-order valence-corrected chi connectivity index (χ4v) is 11.2. The molecular weight excluding hydrogens is 1900 g/mol. The van der Waals surface area contributed by atoms with Crippen LogP contribution in [0.15, 0.2) is 82.8 Å². The van der Waals surface area contributed by atoms with Gasteiger partial charge >= 0.3 is 80.9 Å². The summed E-state index contributed by atoms with van der Waals surface area (Å²) in [4.78, 5) is 20.9. The van der Waals surface area contributed by atoms with Crippen LogP contribution in [0.4, 0.5) is 119 Å². The Kier molecular flexibility index (Phi) is 30.6. The number of fused-ring (bicyclic) bond motifs is 2. The highest BCUT2D eigenvalue weighted by molar-refractivity contribution is 9.10. The van der Waals surface area contributed by atoms with Crippen molar-refractivity contribution in [2.75, 3.05) is 0 Å². The maximum atomic E-state index is 14.2. The zero-order valence-electron chi connectivity index (χ0n) is 63.6. The second-order valence-electron chi connectivity index (χ2n) is 30.2. The van der Waals surface area contributed by atoms with Crippen LogP contribution in [0.1, 0.15) is 143 Å². The van der Waals surface area contributed by atoms with Gasteiger partial charge in [0.1, 0.15) is 11.3 Å². The van der Waals surface area contributed by atoms with Crippen molar-refractivity contribution < 1.29 is 166 Å². The van der Waals surface area contributed by atoms with Crippen molar-refractivity contribution in [3.63, 3.8) is 0 Å². The van der Waals surface area contributed by atoms with Crippen LogP contribution in [0.25, 0.3) is 22.6 Å². The second kappa shape index (κ2) is 36.1. The van der Waals surface area contributed by atoms with Gasteiger partial charge in [-0.25, -0.2) is 42.5 Å². The van der Waals surface area contributed by atoms with Gasteiger partial charge in [0.25, 0.3) is 17.6 Å². The number of rotatable bonds is 9. The monoisotopic (exact) mass is 1970 g/mol. The molecule has 4 saturated carbocycles. The van der Waals surface area contributed by atoms with Crippen LogP contribution in [0, 0.1) is 29.2 Å². The van der Waals surface area contributed by atoms with E-state index in [-0.39, 0.29) is 82.3 Å². The molecule has 15 rings (SSSR count). The normalized spacial score (nSPS) is 23.5. The molecule has 0 bridgehead atoms. The summed E-state index contributed by atoms with van der Waals surface area (Å²) in [7, 11) is -1.84. The van der Waals surface area contributed by atoms with E-state index in [1.807, 2.05) is 83.1 Å². The summed E-state index contributed by atoms with van der Waals surface area (Å²) in [5.41, 5.74) is -3.01. The quantitative estimate of drug-likeness (QED) is 0.0802. The van der Waals surface area contributed by atoms with E-state index in [0.717, 1.165) is 66.0 Å². The van der Waals surface area contributed by atoms with Gasteiger partial charge in [0.15, 0.2) is 52.9 Å². The number of aromatic nitrogens is 12. The van der Waals surface area contributed by atoms with E-state index in [1.165, 1.54) is 6.20 Å². The Bertz CT molecular complexity index is 5010. The Morgan fingerprint density at radius 1 is 0.411 bits per heavy atom. The van der Waals surface area contributed by atoms with Gasteiger partial charge in [0.05, 0.1) is 71.0 Å². The lowest BCUT2D eigenvalue weighted by molar-refractivity contribution is -0.331. The zero-order chi connectivity index (χ0) is 91.3. The lowest BCUT2D eigenvalue weighted by Crippen LogP contribution is -2.64. The van der Waals surface area contributed by atoms with Crippen LogP contribution >= 0.6 is 43.5 Å². The van der Waals surface area contributed by atoms with Crippen molar-refractivity contribution in [3.8, 4) is 28.9 Å². The summed E-state index contributed by atoms with van der Waals surface area (Å²) >= 11 is 11.3. The van der Waals surface area contributed by atoms with Gasteiger partial charge in [-0.3, -0.25) is 13.8 Å². The third kappa shape index (κ3) is 21.5.